The van der Waals surface area contributed by atoms with E-state index in [1.165, 1.54) is 18.2 Å². The maximum atomic E-state index is 11.1. The standard InChI is InChI=1S/C29H34O5/c1-5-6-7-8-21-14-27(32)29(26-13-20(4)9-10-25(26)19(2)3)28(15-21)34-12-11-33-24-17-22(30)16-23(31)18-24/h9-10,13-18,30-32H,2,5-8,11-12H2,1,3-4H3. The van der Waals surface area contributed by atoms with Gasteiger partial charge in [0.2, 0.25) is 0 Å². The van der Waals surface area contributed by atoms with E-state index in [9.17, 15) is 15.3 Å². The maximum absolute atomic E-state index is 11.1. The fraction of sp³-hybridized carbons (Fsp3) is 0.310. The Balaban J connectivity index is 1.90. The Labute approximate surface area is 201 Å². The monoisotopic (exact) mass is 462 g/mol. The van der Waals surface area contributed by atoms with Gasteiger partial charge in [0, 0.05) is 18.2 Å². The summed E-state index contributed by atoms with van der Waals surface area (Å²) in [7, 11) is 0. The van der Waals surface area contributed by atoms with Crippen LogP contribution in [0, 0.1) is 6.92 Å². The molecule has 0 aliphatic rings. The van der Waals surface area contributed by atoms with Crippen LogP contribution in [0.5, 0.6) is 28.7 Å². The highest BCUT2D eigenvalue weighted by Crippen LogP contribution is 2.43. The van der Waals surface area contributed by atoms with Crippen LogP contribution in [0.1, 0.15) is 49.8 Å². The van der Waals surface area contributed by atoms with Crippen molar-refractivity contribution in [2.24, 2.45) is 0 Å². The molecule has 34 heavy (non-hydrogen) atoms. The number of unbranched alkanes of at least 4 members (excludes halogenated alkanes) is 2. The van der Waals surface area contributed by atoms with E-state index < -0.39 is 0 Å². The molecule has 0 saturated heterocycles. The molecular formula is C29H34O5. The van der Waals surface area contributed by atoms with Crippen LogP contribution in [-0.4, -0.2) is 28.5 Å². The van der Waals surface area contributed by atoms with Crippen LogP contribution in [0.4, 0.5) is 0 Å². The summed E-state index contributed by atoms with van der Waals surface area (Å²) in [6.07, 6.45) is 4.15. The number of phenols is 3. The van der Waals surface area contributed by atoms with Gasteiger partial charge in [-0.3, -0.25) is 0 Å². The molecule has 0 aliphatic carbocycles. The lowest BCUT2D eigenvalue weighted by Gasteiger charge is -2.19. The molecule has 3 N–H and O–H groups in total. The molecule has 0 amide bonds. The van der Waals surface area contributed by atoms with Crippen molar-refractivity contribution in [3.8, 4) is 39.9 Å². The van der Waals surface area contributed by atoms with Gasteiger partial charge in [-0.25, -0.2) is 0 Å². The second-order valence-corrected chi connectivity index (χ2v) is 8.66. The smallest absolute Gasteiger partial charge is 0.131 e. The van der Waals surface area contributed by atoms with Gasteiger partial charge in [0.15, 0.2) is 0 Å². The van der Waals surface area contributed by atoms with E-state index in [0.29, 0.717) is 17.1 Å². The Morgan fingerprint density at radius 1 is 0.882 bits per heavy atom. The first-order chi connectivity index (χ1) is 16.3. The first-order valence-corrected chi connectivity index (χ1v) is 11.7. The largest absolute Gasteiger partial charge is 0.508 e. The summed E-state index contributed by atoms with van der Waals surface area (Å²) >= 11 is 0. The van der Waals surface area contributed by atoms with Gasteiger partial charge in [-0.15, -0.1) is 0 Å². The average Bonchev–Trinajstić information content (AvgIpc) is 2.76. The number of rotatable bonds is 11. The molecule has 3 aromatic carbocycles. The molecule has 180 valence electrons. The van der Waals surface area contributed by atoms with Gasteiger partial charge < -0.3 is 24.8 Å². The predicted octanol–water partition coefficient (Wildman–Crippen LogP) is 7.00. The molecule has 0 fully saturated rings. The lowest BCUT2D eigenvalue weighted by Crippen LogP contribution is -2.10. The zero-order valence-electron chi connectivity index (χ0n) is 20.2. The van der Waals surface area contributed by atoms with E-state index in [1.807, 2.05) is 44.2 Å². The summed E-state index contributed by atoms with van der Waals surface area (Å²) < 4.78 is 11.8. The van der Waals surface area contributed by atoms with Crippen LogP contribution in [0.2, 0.25) is 0 Å². The molecule has 0 atom stereocenters. The van der Waals surface area contributed by atoms with Gasteiger partial charge in [0.1, 0.15) is 42.0 Å². The molecular weight excluding hydrogens is 428 g/mol. The fourth-order valence-electron chi connectivity index (χ4n) is 3.96. The van der Waals surface area contributed by atoms with Gasteiger partial charge in [-0.05, 0) is 55.5 Å². The first-order valence-electron chi connectivity index (χ1n) is 11.7. The molecule has 5 nitrogen and oxygen atoms in total. The number of aromatic hydroxyl groups is 3. The number of allylic oxidation sites excluding steroid dienone is 1. The molecule has 0 saturated carbocycles. The molecule has 0 radical (unpaired) electrons. The third kappa shape index (κ3) is 6.47. The molecule has 0 heterocycles. The normalized spacial score (nSPS) is 10.8. The van der Waals surface area contributed by atoms with Crippen LogP contribution in [0.15, 0.2) is 55.1 Å². The SMILES string of the molecule is C=C(C)c1ccc(C)cc1-c1c(O)cc(CCCCC)cc1OCCOc1cc(O)cc(O)c1. The second kappa shape index (κ2) is 11.5. The molecule has 0 spiro atoms. The third-order valence-corrected chi connectivity index (χ3v) is 5.60. The zero-order valence-corrected chi connectivity index (χ0v) is 20.2. The van der Waals surface area contributed by atoms with Crippen molar-refractivity contribution in [3.05, 3.63) is 71.8 Å². The Bertz CT molecular complexity index is 1130. The van der Waals surface area contributed by atoms with Crippen molar-refractivity contribution in [1.29, 1.82) is 0 Å². The lowest BCUT2D eigenvalue weighted by molar-refractivity contribution is 0.216. The van der Waals surface area contributed by atoms with Gasteiger partial charge in [0.05, 0.1) is 5.56 Å². The predicted molar refractivity (Wildman–Crippen MR) is 137 cm³/mol. The molecule has 0 unspecified atom stereocenters. The maximum Gasteiger partial charge on any atom is 0.131 e. The number of benzene rings is 3. The summed E-state index contributed by atoms with van der Waals surface area (Å²) in [6.45, 7) is 10.7. The van der Waals surface area contributed by atoms with Crippen molar-refractivity contribution < 1.29 is 24.8 Å². The third-order valence-electron chi connectivity index (χ3n) is 5.60. The summed E-state index contributed by atoms with van der Waals surface area (Å²) in [5, 5.41) is 30.3. The van der Waals surface area contributed by atoms with Crippen molar-refractivity contribution in [1.82, 2.24) is 0 Å². The average molecular weight is 463 g/mol. The minimum absolute atomic E-state index is 0.0744. The van der Waals surface area contributed by atoms with E-state index in [0.717, 1.165) is 53.5 Å². The summed E-state index contributed by atoms with van der Waals surface area (Å²) in [5.74, 6) is 0.961. The summed E-state index contributed by atoms with van der Waals surface area (Å²) in [5.41, 5.74) is 5.46. The zero-order chi connectivity index (χ0) is 24.7. The number of ether oxygens (including phenoxy) is 2. The molecule has 0 aromatic heterocycles. The Hall–Kier alpha value is -3.60. The fourth-order valence-corrected chi connectivity index (χ4v) is 3.96. The quantitative estimate of drug-likeness (QED) is 0.267. The van der Waals surface area contributed by atoms with Crippen molar-refractivity contribution >= 4 is 5.57 Å². The second-order valence-electron chi connectivity index (χ2n) is 8.66. The van der Waals surface area contributed by atoms with Gasteiger partial charge in [-0.2, -0.15) is 0 Å². The van der Waals surface area contributed by atoms with Crippen LogP contribution < -0.4 is 9.47 Å². The topological polar surface area (TPSA) is 79.2 Å². The van der Waals surface area contributed by atoms with Crippen molar-refractivity contribution in [3.63, 3.8) is 0 Å². The minimum Gasteiger partial charge on any atom is -0.508 e. The van der Waals surface area contributed by atoms with Crippen LogP contribution in [0.3, 0.4) is 0 Å². The minimum atomic E-state index is -0.0744. The number of hydrogen-bond donors (Lipinski definition) is 3. The van der Waals surface area contributed by atoms with E-state index in [2.05, 4.69) is 13.5 Å². The summed E-state index contributed by atoms with van der Waals surface area (Å²) in [4.78, 5) is 0. The lowest BCUT2D eigenvalue weighted by atomic mass is 9.91. The first kappa shape index (κ1) is 25.0. The molecule has 0 aliphatic heterocycles. The van der Waals surface area contributed by atoms with E-state index in [1.54, 1.807) is 0 Å². The number of phenolic OH excluding ortho intramolecular Hbond substituents is 3. The Morgan fingerprint density at radius 2 is 1.59 bits per heavy atom. The van der Waals surface area contributed by atoms with Crippen molar-refractivity contribution in [2.75, 3.05) is 13.2 Å². The Morgan fingerprint density at radius 3 is 2.26 bits per heavy atom. The Kier molecular flexibility index (Phi) is 8.47. The molecule has 3 aromatic rings. The number of hydrogen-bond acceptors (Lipinski definition) is 5. The summed E-state index contributed by atoms with van der Waals surface area (Å²) in [6, 6.07) is 14.0. The van der Waals surface area contributed by atoms with Crippen LogP contribution >= 0.6 is 0 Å². The highest BCUT2D eigenvalue weighted by molar-refractivity contribution is 5.86. The molecule has 0 bridgehead atoms. The number of aryl methyl sites for hydroxylation is 2. The highest BCUT2D eigenvalue weighted by atomic mass is 16.5. The van der Waals surface area contributed by atoms with Gasteiger partial charge in [-0.1, -0.05) is 55.7 Å². The van der Waals surface area contributed by atoms with E-state index >= 15 is 0 Å². The van der Waals surface area contributed by atoms with Crippen molar-refractivity contribution in [2.45, 2.75) is 46.5 Å². The van der Waals surface area contributed by atoms with Gasteiger partial charge in [0.25, 0.3) is 0 Å². The molecule has 5 heteroatoms. The van der Waals surface area contributed by atoms with Crippen LogP contribution in [-0.2, 0) is 6.42 Å². The van der Waals surface area contributed by atoms with Crippen LogP contribution in [0.25, 0.3) is 16.7 Å². The van der Waals surface area contributed by atoms with E-state index in [-0.39, 0.29) is 30.5 Å². The molecule has 3 rings (SSSR count). The van der Waals surface area contributed by atoms with Gasteiger partial charge >= 0.3 is 0 Å². The van der Waals surface area contributed by atoms with E-state index in [4.69, 9.17) is 9.47 Å². The highest BCUT2D eigenvalue weighted by Gasteiger charge is 2.18.